The van der Waals surface area contributed by atoms with E-state index in [1.165, 1.54) is 0 Å². The minimum Gasteiger partial charge on any atom is -0.324 e. The van der Waals surface area contributed by atoms with Crippen LogP contribution >= 0.6 is 35.6 Å². The van der Waals surface area contributed by atoms with Crippen LogP contribution in [0.5, 0.6) is 0 Å². The van der Waals surface area contributed by atoms with Gasteiger partial charge < -0.3 is 5.32 Å². The molecule has 4 aromatic rings. The fourth-order valence-electron chi connectivity index (χ4n) is 3.54. The highest BCUT2D eigenvalue weighted by Gasteiger charge is 2.27. The van der Waals surface area contributed by atoms with Crippen LogP contribution in [0.3, 0.4) is 0 Å². The van der Waals surface area contributed by atoms with Crippen molar-refractivity contribution in [3.63, 3.8) is 0 Å². The zero-order valence-corrected chi connectivity index (χ0v) is 19.4. The number of halogens is 3. The number of fused-ring (bicyclic) bond motifs is 1. The number of allylic oxidation sites excluding steroid dienone is 1. The van der Waals surface area contributed by atoms with Crippen LogP contribution in [0.2, 0.25) is 10.0 Å². The molecule has 0 saturated carbocycles. The van der Waals surface area contributed by atoms with Gasteiger partial charge in [-0.25, -0.2) is 4.68 Å². The summed E-state index contributed by atoms with van der Waals surface area (Å²) in [6, 6.07) is 23.8. The van der Waals surface area contributed by atoms with Crippen LogP contribution in [-0.4, -0.2) is 20.7 Å². The number of hydrogen-bond donors (Lipinski definition) is 2. The van der Waals surface area contributed by atoms with Crippen LogP contribution in [0.1, 0.15) is 27.5 Å². The van der Waals surface area contributed by atoms with Gasteiger partial charge >= 0.3 is 0 Å². The third kappa shape index (κ3) is 4.73. The summed E-state index contributed by atoms with van der Waals surface area (Å²) in [4.78, 5) is 17.1. The molecule has 166 valence electrons. The molecule has 1 amide bonds. The largest absolute Gasteiger partial charge is 0.324 e. The summed E-state index contributed by atoms with van der Waals surface area (Å²) in [7, 11) is 0. The van der Waals surface area contributed by atoms with E-state index in [0.29, 0.717) is 21.6 Å². The maximum absolute atomic E-state index is 12.6. The second kappa shape index (κ2) is 9.67. The minimum absolute atomic E-state index is 0. The highest BCUT2D eigenvalue weighted by atomic mass is 35.5. The molecule has 1 aromatic heterocycles. The fourth-order valence-corrected chi connectivity index (χ4v) is 3.92. The highest BCUT2D eigenvalue weighted by Crippen LogP contribution is 2.35. The van der Waals surface area contributed by atoms with Crippen molar-refractivity contribution < 1.29 is 4.79 Å². The monoisotopic (exact) mass is 497 g/mol. The van der Waals surface area contributed by atoms with Gasteiger partial charge in [0.2, 0.25) is 5.95 Å². The Morgan fingerprint density at radius 3 is 2.36 bits per heavy atom. The summed E-state index contributed by atoms with van der Waals surface area (Å²) >= 11 is 12.4. The fraction of sp³-hybridized carbons (Fsp3) is 0.0417. The van der Waals surface area contributed by atoms with Crippen molar-refractivity contribution in [2.75, 3.05) is 10.6 Å². The van der Waals surface area contributed by atoms with Crippen molar-refractivity contribution in [2.24, 2.45) is 0 Å². The molecule has 1 unspecified atom stereocenters. The van der Waals surface area contributed by atoms with Gasteiger partial charge in [-0.1, -0.05) is 71.7 Å². The van der Waals surface area contributed by atoms with Crippen molar-refractivity contribution in [1.82, 2.24) is 14.8 Å². The normalized spacial score (nSPS) is 14.4. The van der Waals surface area contributed by atoms with E-state index in [2.05, 4.69) is 20.7 Å². The summed E-state index contributed by atoms with van der Waals surface area (Å²) in [5, 5.41) is 11.8. The Hall–Kier alpha value is -3.32. The lowest BCUT2D eigenvalue weighted by atomic mass is 10.0. The van der Waals surface area contributed by atoms with Crippen molar-refractivity contribution >= 4 is 59.1 Å². The number of anilines is 2. The Labute approximate surface area is 206 Å². The molecule has 1 aliphatic heterocycles. The number of nitrogens with one attached hydrogen (secondary N) is 2. The van der Waals surface area contributed by atoms with E-state index in [4.69, 9.17) is 23.2 Å². The number of rotatable bonds is 4. The molecule has 1 aliphatic rings. The second-order valence-corrected chi connectivity index (χ2v) is 8.05. The molecule has 1 atom stereocenters. The molecule has 0 radical (unpaired) electrons. The van der Waals surface area contributed by atoms with E-state index in [9.17, 15) is 4.79 Å². The van der Waals surface area contributed by atoms with Crippen LogP contribution < -0.4 is 10.6 Å². The van der Waals surface area contributed by atoms with E-state index in [-0.39, 0.29) is 30.3 Å². The van der Waals surface area contributed by atoms with Crippen molar-refractivity contribution in [2.45, 2.75) is 6.04 Å². The molecule has 0 saturated heterocycles. The van der Waals surface area contributed by atoms with Gasteiger partial charge in [0.05, 0.1) is 0 Å². The molecule has 33 heavy (non-hydrogen) atoms. The lowest BCUT2D eigenvalue weighted by Crippen LogP contribution is -2.20. The standard InChI is InChI=1S/C24H17Cl2N5O.ClH/c25-17-12-10-16(11-13-17)22(32)28-23-29-24-27-20(15-6-2-1-3-7-15)14-21(31(24)30-23)18-8-4-5-9-19(18)26;/h1-14,21H,(H2,27,28,29,30,32);1H. The maximum Gasteiger partial charge on any atom is 0.258 e. The molecule has 0 bridgehead atoms. The Morgan fingerprint density at radius 2 is 1.64 bits per heavy atom. The van der Waals surface area contributed by atoms with Gasteiger partial charge in [-0.3, -0.25) is 10.1 Å². The Bertz CT molecular complexity index is 1320. The molecule has 3 aromatic carbocycles. The lowest BCUT2D eigenvalue weighted by Gasteiger charge is -2.24. The topological polar surface area (TPSA) is 71.8 Å². The van der Waals surface area contributed by atoms with E-state index < -0.39 is 0 Å². The summed E-state index contributed by atoms with van der Waals surface area (Å²) in [6.45, 7) is 0. The molecule has 2 N–H and O–H groups in total. The number of aromatic nitrogens is 3. The molecule has 0 aliphatic carbocycles. The number of carbonyl (C=O) groups excluding carboxylic acids is 1. The van der Waals surface area contributed by atoms with Gasteiger partial charge in [-0.2, -0.15) is 4.98 Å². The number of carbonyl (C=O) groups is 1. The zero-order valence-electron chi connectivity index (χ0n) is 17.1. The van der Waals surface area contributed by atoms with Gasteiger partial charge in [0.1, 0.15) is 6.04 Å². The smallest absolute Gasteiger partial charge is 0.258 e. The van der Waals surface area contributed by atoms with Gasteiger partial charge in [0.25, 0.3) is 11.9 Å². The first-order valence-corrected chi connectivity index (χ1v) is 10.7. The Morgan fingerprint density at radius 1 is 0.939 bits per heavy atom. The molecule has 6 nitrogen and oxygen atoms in total. The van der Waals surface area contributed by atoms with Crippen molar-refractivity contribution in [3.05, 3.63) is 112 Å². The van der Waals surface area contributed by atoms with Crippen molar-refractivity contribution in [3.8, 4) is 0 Å². The number of benzene rings is 3. The van der Waals surface area contributed by atoms with Crippen LogP contribution in [-0.2, 0) is 0 Å². The zero-order chi connectivity index (χ0) is 22.1. The average Bonchev–Trinajstić information content (AvgIpc) is 3.22. The number of nitrogens with zero attached hydrogens (tertiary/aromatic N) is 3. The van der Waals surface area contributed by atoms with Gasteiger partial charge in [0, 0.05) is 21.3 Å². The van der Waals surface area contributed by atoms with Gasteiger partial charge in [0.15, 0.2) is 0 Å². The molecular formula is C24H18Cl3N5O. The van der Waals surface area contributed by atoms with Gasteiger partial charge in [-0.15, -0.1) is 17.5 Å². The molecule has 9 heteroatoms. The summed E-state index contributed by atoms with van der Waals surface area (Å²) in [5.74, 6) is 0.366. The van der Waals surface area contributed by atoms with Crippen molar-refractivity contribution in [1.29, 1.82) is 0 Å². The van der Waals surface area contributed by atoms with E-state index >= 15 is 0 Å². The molecule has 5 rings (SSSR count). The van der Waals surface area contributed by atoms with E-state index in [0.717, 1.165) is 16.8 Å². The third-order valence-electron chi connectivity index (χ3n) is 5.11. The first-order valence-electron chi connectivity index (χ1n) is 9.90. The predicted molar refractivity (Wildman–Crippen MR) is 134 cm³/mol. The molecule has 2 heterocycles. The lowest BCUT2D eigenvalue weighted by molar-refractivity contribution is 0.102. The average molecular weight is 499 g/mol. The summed E-state index contributed by atoms with van der Waals surface area (Å²) in [6.07, 6.45) is 2.04. The first-order chi connectivity index (χ1) is 15.6. The van der Waals surface area contributed by atoms with Crippen LogP contribution in [0, 0.1) is 0 Å². The highest BCUT2D eigenvalue weighted by molar-refractivity contribution is 6.31. The Kier molecular flexibility index (Phi) is 6.70. The minimum atomic E-state index is -0.324. The second-order valence-electron chi connectivity index (χ2n) is 7.20. The third-order valence-corrected chi connectivity index (χ3v) is 5.70. The summed E-state index contributed by atoms with van der Waals surface area (Å²) in [5.41, 5.74) is 3.23. The Balaban J connectivity index is 0.00000259. The SMILES string of the molecule is Cl.O=C(Nc1nc2n(n1)C(c1ccccc1Cl)C=C(c1ccccc1)N2)c1ccc(Cl)cc1. The molecular weight excluding hydrogens is 481 g/mol. The van der Waals surface area contributed by atoms with E-state index in [1.54, 1.807) is 28.9 Å². The number of hydrogen-bond acceptors (Lipinski definition) is 4. The maximum atomic E-state index is 12.6. The van der Waals surface area contributed by atoms with Crippen LogP contribution in [0.25, 0.3) is 5.70 Å². The molecule has 0 fully saturated rings. The number of amides is 1. The molecule has 0 spiro atoms. The first kappa shape index (κ1) is 22.9. The quantitative estimate of drug-likeness (QED) is 0.346. The van der Waals surface area contributed by atoms with E-state index in [1.807, 2.05) is 60.7 Å². The summed E-state index contributed by atoms with van der Waals surface area (Å²) < 4.78 is 1.71. The van der Waals surface area contributed by atoms with Gasteiger partial charge in [-0.05, 0) is 47.5 Å². The predicted octanol–water partition coefficient (Wildman–Crippen LogP) is 6.32. The van der Waals surface area contributed by atoms with Crippen LogP contribution in [0.15, 0.2) is 84.9 Å². The van der Waals surface area contributed by atoms with Crippen LogP contribution in [0.4, 0.5) is 11.9 Å².